The highest BCUT2D eigenvalue weighted by Crippen LogP contribution is 2.19. The SMILES string of the molecule is [C-]#[N+]C(CC)(OCC)OCC. The Bertz CT molecular complexity index is 134. The van der Waals surface area contributed by atoms with Crippen molar-refractivity contribution in [2.75, 3.05) is 13.2 Å². The first-order valence-electron chi connectivity index (χ1n) is 3.91. The van der Waals surface area contributed by atoms with Gasteiger partial charge in [0.25, 0.3) is 0 Å². The second-order valence-corrected chi connectivity index (χ2v) is 2.04. The molecule has 0 rings (SSSR count). The fourth-order valence-corrected chi connectivity index (χ4v) is 0.840. The van der Waals surface area contributed by atoms with Gasteiger partial charge >= 0.3 is 5.91 Å². The zero-order valence-electron chi connectivity index (χ0n) is 7.39. The highest BCUT2D eigenvalue weighted by Gasteiger charge is 2.36. The van der Waals surface area contributed by atoms with E-state index in [9.17, 15) is 0 Å². The van der Waals surface area contributed by atoms with Crippen molar-refractivity contribution in [3.63, 3.8) is 0 Å². The fraction of sp³-hybridized carbons (Fsp3) is 0.875. The maximum absolute atomic E-state index is 6.89. The van der Waals surface area contributed by atoms with Crippen LogP contribution < -0.4 is 0 Å². The summed E-state index contributed by atoms with van der Waals surface area (Å²) in [5.74, 6) is -1.02. The molecule has 0 saturated carbocycles. The quantitative estimate of drug-likeness (QED) is 0.450. The zero-order valence-corrected chi connectivity index (χ0v) is 7.39. The predicted molar refractivity (Wildman–Crippen MR) is 42.9 cm³/mol. The number of ether oxygens (including phenoxy) is 2. The standard InChI is InChI=1S/C8H15NO2/c1-5-8(9-4,10-6-2)11-7-3/h5-7H2,1-3H3. The summed E-state index contributed by atoms with van der Waals surface area (Å²) in [5, 5.41) is 0. The van der Waals surface area contributed by atoms with E-state index in [0.717, 1.165) is 0 Å². The Labute approximate surface area is 68.1 Å². The minimum atomic E-state index is -1.02. The highest BCUT2D eigenvalue weighted by atomic mass is 16.7. The molecule has 0 aliphatic heterocycles. The minimum absolute atomic E-state index is 0.510. The van der Waals surface area contributed by atoms with Crippen LogP contribution in [0.5, 0.6) is 0 Å². The molecule has 3 nitrogen and oxygen atoms in total. The third-order valence-electron chi connectivity index (χ3n) is 1.36. The molecule has 0 atom stereocenters. The summed E-state index contributed by atoms with van der Waals surface area (Å²) in [6.45, 7) is 13.5. The number of rotatable bonds is 5. The first-order chi connectivity index (χ1) is 5.24. The Hall–Kier alpha value is -0.590. The molecule has 0 aromatic rings. The van der Waals surface area contributed by atoms with E-state index in [1.54, 1.807) is 0 Å². The van der Waals surface area contributed by atoms with Gasteiger partial charge in [-0.05, 0) is 13.8 Å². The van der Waals surface area contributed by atoms with E-state index in [1.807, 2.05) is 20.8 Å². The largest absolute Gasteiger partial charge is 0.456 e. The lowest BCUT2D eigenvalue weighted by molar-refractivity contribution is -0.202. The third-order valence-corrected chi connectivity index (χ3v) is 1.36. The molecule has 0 amide bonds. The molecule has 64 valence electrons. The Morgan fingerprint density at radius 2 is 1.64 bits per heavy atom. The van der Waals surface area contributed by atoms with Crippen LogP contribution in [0.2, 0.25) is 0 Å². The van der Waals surface area contributed by atoms with Crippen LogP contribution in [0.4, 0.5) is 0 Å². The Kier molecular flexibility index (Phi) is 4.84. The number of hydrogen-bond donors (Lipinski definition) is 0. The van der Waals surface area contributed by atoms with Crippen LogP contribution in [-0.4, -0.2) is 19.1 Å². The van der Waals surface area contributed by atoms with Gasteiger partial charge in [-0.1, -0.05) is 6.92 Å². The summed E-state index contributed by atoms with van der Waals surface area (Å²) in [5.41, 5.74) is 0. The molecule has 0 heterocycles. The zero-order chi connectivity index (χ0) is 8.74. The molecule has 11 heavy (non-hydrogen) atoms. The van der Waals surface area contributed by atoms with Crippen molar-refractivity contribution >= 4 is 0 Å². The first kappa shape index (κ1) is 10.4. The second kappa shape index (κ2) is 5.11. The van der Waals surface area contributed by atoms with Crippen LogP contribution >= 0.6 is 0 Å². The van der Waals surface area contributed by atoms with E-state index in [1.165, 1.54) is 0 Å². The molecule has 0 bridgehead atoms. The molecule has 0 unspecified atom stereocenters. The predicted octanol–water partition coefficient (Wildman–Crippen LogP) is 2.04. The van der Waals surface area contributed by atoms with Crippen LogP contribution in [0.3, 0.4) is 0 Å². The van der Waals surface area contributed by atoms with Crippen molar-refractivity contribution in [2.45, 2.75) is 33.1 Å². The molecule has 0 aromatic heterocycles. The van der Waals surface area contributed by atoms with Crippen molar-refractivity contribution in [1.29, 1.82) is 0 Å². The van der Waals surface area contributed by atoms with Crippen LogP contribution in [0.1, 0.15) is 27.2 Å². The van der Waals surface area contributed by atoms with Gasteiger partial charge in [-0.15, -0.1) is 0 Å². The van der Waals surface area contributed by atoms with Crippen molar-refractivity contribution in [2.24, 2.45) is 0 Å². The molecule has 3 heteroatoms. The Morgan fingerprint density at radius 3 is 1.82 bits per heavy atom. The number of nitrogens with zero attached hydrogens (tertiary/aromatic N) is 1. The van der Waals surface area contributed by atoms with Crippen LogP contribution in [0.15, 0.2) is 0 Å². The van der Waals surface area contributed by atoms with Crippen molar-refractivity contribution < 1.29 is 9.47 Å². The fourth-order valence-electron chi connectivity index (χ4n) is 0.840. The first-order valence-corrected chi connectivity index (χ1v) is 3.91. The van der Waals surface area contributed by atoms with Crippen molar-refractivity contribution in [3.8, 4) is 0 Å². The van der Waals surface area contributed by atoms with E-state index in [4.69, 9.17) is 16.0 Å². The molecule has 0 N–H and O–H groups in total. The molecule has 0 aliphatic carbocycles. The lowest BCUT2D eigenvalue weighted by Gasteiger charge is -2.18. The minimum Gasteiger partial charge on any atom is -0.284 e. The Balaban J connectivity index is 4.11. The average Bonchev–Trinajstić information content (AvgIpc) is 2.04. The molecule has 0 aromatic carbocycles. The summed E-state index contributed by atoms with van der Waals surface area (Å²) in [6, 6.07) is 0. The summed E-state index contributed by atoms with van der Waals surface area (Å²) in [4.78, 5) is 3.32. The molecule has 0 saturated heterocycles. The number of hydrogen-bond acceptors (Lipinski definition) is 2. The average molecular weight is 157 g/mol. The normalized spacial score (nSPS) is 11.1. The lowest BCUT2D eigenvalue weighted by Crippen LogP contribution is -2.31. The van der Waals surface area contributed by atoms with Gasteiger partial charge in [-0.2, -0.15) is 0 Å². The topological polar surface area (TPSA) is 22.8 Å². The maximum atomic E-state index is 6.89. The van der Waals surface area contributed by atoms with E-state index in [-0.39, 0.29) is 0 Å². The Morgan fingerprint density at radius 1 is 1.18 bits per heavy atom. The summed E-state index contributed by atoms with van der Waals surface area (Å²) < 4.78 is 10.4. The second-order valence-electron chi connectivity index (χ2n) is 2.04. The van der Waals surface area contributed by atoms with Crippen LogP contribution in [-0.2, 0) is 9.47 Å². The maximum Gasteiger partial charge on any atom is 0.456 e. The third kappa shape index (κ3) is 2.87. The van der Waals surface area contributed by atoms with Crippen molar-refractivity contribution in [3.05, 3.63) is 11.4 Å². The van der Waals surface area contributed by atoms with Gasteiger partial charge in [0.15, 0.2) is 0 Å². The van der Waals surface area contributed by atoms with Crippen molar-refractivity contribution in [1.82, 2.24) is 0 Å². The highest BCUT2D eigenvalue weighted by molar-refractivity contribution is 4.78. The molecule has 0 radical (unpaired) electrons. The molecule has 0 aliphatic rings. The van der Waals surface area contributed by atoms with Gasteiger partial charge in [-0.3, -0.25) is 14.3 Å². The van der Waals surface area contributed by atoms with E-state index in [2.05, 4.69) is 4.85 Å². The lowest BCUT2D eigenvalue weighted by atomic mass is 10.4. The smallest absolute Gasteiger partial charge is 0.284 e. The van der Waals surface area contributed by atoms with Gasteiger partial charge in [0, 0.05) is 0 Å². The van der Waals surface area contributed by atoms with E-state index in [0.29, 0.717) is 19.6 Å². The van der Waals surface area contributed by atoms with Gasteiger partial charge in [0.05, 0.1) is 19.6 Å². The summed E-state index contributed by atoms with van der Waals surface area (Å²) >= 11 is 0. The van der Waals surface area contributed by atoms with Gasteiger partial charge in [-0.25, -0.2) is 6.57 Å². The molecule has 0 spiro atoms. The molecular weight excluding hydrogens is 142 g/mol. The molecular formula is C8H15NO2. The monoisotopic (exact) mass is 157 g/mol. The molecule has 0 fully saturated rings. The summed E-state index contributed by atoms with van der Waals surface area (Å²) in [7, 11) is 0. The summed E-state index contributed by atoms with van der Waals surface area (Å²) in [6.07, 6.45) is 0.568. The van der Waals surface area contributed by atoms with Gasteiger partial charge in [0.1, 0.15) is 0 Å². The van der Waals surface area contributed by atoms with Crippen LogP contribution in [0.25, 0.3) is 4.85 Å². The van der Waals surface area contributed by atoms with E-state index < -0.39 is 5.91 Å². The van der Waals surface area contributed by atoms with Gasteiger partial charge < -0.3 is 0 Å². The van der Waals surface area contributed by atoms with E-state index >= 15 is 0 Å². The van der Waals surface area contributed by atoms with Crippen LogP contribution in [0, 0.1) is 6.57 Å². The van der Waals surface area contributed by atoms with Gasteiger partial charge in [0.2, 0.25) is 0 Å².